The highest BCUT2D eigenvalue weighted by atomic mass is 16.5. The lowest BCUT2D eigenvalue weighted by Crippen LogP contribution is -2.34. The van der Waals surface area contributed by atoms with Gasteiger partial charge in [0, 0.05) is 19.6 Å². The summed E-state index contributed by atoms with van der Waals surface area (Å²) >= 11 is 0. The summed E-state index contributed by atoms with van der Waals surface area (Å²) in [7, 11) is 1.33. The number of hydrogen-bond acceptors (Lipinski definition) is 7. The van der Waals surface area contributed by atoms with Crippen molar-refractivity contribution in [2.75, 3.05) is 40.0 Å². The van der Waals surface area contributed by atoms with E-state index in [1.807, 2.05) is 4.90 Å². The van der Waals surface area contributed by atoms with Crippen LogP contribution in [0.15, 0.2) is 0 Å². The Morgan fingerprint density at radius 2 is 1.48 bits per heavy atom. The van der Waals surface area contributed by atoms with E-state index in [1.54, 1.807) is 27.7 Å². The van der Waals surface area contributed by atoms with Gasteiger partial charge in [0.05, 0.1) is 32.0 Å². The quantitative estimate of drug-likeness (QED) is 0.442. The van der Waals surface area contributed by atoms with Gasteiger partial charge in [-0.25, -0.2) is 0 Å². The average molecular weight is 331 g/mol. The first kappa shape index (κ1) is 21.4. The Kier molecular flexibility index (Phi) is 10.2. The zero-order chi connectivity index (χ0) is 17.9. The van der Waals surface area contributed by atoms with Crippen LogP contribution in [0, 0.1) is 5.41 Å². The highest BCUT2D eigenvalue weighted by molar-refractivity contribution is 5.75. The number of nitrogens with zero attached hydrogens (tertiary/aromatic N) is 1. The Morgan fingerprint density at radius 1 is 0.913 bits per heavy atom. The molecule has 0 aliphatic heterocycles. The van der Waals surface area contributed by atoms with E-state index in [-0.39, 0.29) is 37.4 Å². The number of carbonyl (C=O) groups excluding carboxylic acids is 3. The summed E-state index contributed by atoms with van der Waals surface area (Å²) in [6, 6.07) is 0. The second kappa shape index (κ2) is 11.0. The lowest BCUT2D eigenvalue weighted by Gasteiger charge is -2.22. The van der Waals surface area contributed by atoms with Gasteiger partial charge in [0.2, 0.25) is 0 Å². The third kappa shape index (κ3) is 10.7. The van der Waals surface area contributed by atoms with Gasteiger partial charge in [-0.15, -0.1) is 0 Å². The predicted octanol–water partition coefficient (Wildman–Crippen LogP) is 1.39. The molecular formula is C16H29NO6. The lowest BCUT2D eigenvalue weighted by molar-refractivity contribution is -0.154. The minimum absolute atomic E-state index is 0.208. The van der Waals surface area contributed by atoms with Crippen molar-refractivity contribution in [3.05, 3.63) is 0 Å². The number of rotatable bonds is 10. The zero-order valence-electron chi connectivity index (χ0n) is 14.8. The Balaban J connectivity index is 4.33. The van der Waals surface area contributed by atoms with Crippen molar-refractivity contribution in [2.45, 2.75) is 40.5 Å². The monoisotopic (exact) mass is 331 g/mol. The topological polar surface area (TPSA) is 82.1 Å². The number of methoxy groups -OCH3 is 1. The smallest absolute Gasteiger partial charge is 0.311 e. The molecule has 23 heavy (non-hydrogen) atoms. The zero-order valence-corrected chi connectivity index (χ0v) is 14.8. The second-order valence-electron chi connectivity index (χ2n) is 6.11. The summed E-state index contributed by atoms with van der Waals surface area (Å²) in [5.74, 6) is -0.893. The largest absolute Gasteiger partial charge is 0.469 e. The van der Waals surface area contributed by atoms with E-state index >= 15 is 0 Å². The lowest BCUT2D eigenvalue weighted by atomic mass is 9.97. The van der Waals surface area contributed by atoms with Crippen LogP contribution in [0.5, 0.6) is 0 Å². The fourth-order valence-corrected chi connectivity index (χ4v) is 1.65. The van der Waals surface area contributed by atoms with Gasteiger partial charge in [-0.3, -0.25) is 19.3 Å². The molecule has 0 spiro atoms. The summed E-state index contributed by atoms with van der Waals surface area (Å²) in [6.45, 7) is 8.95. The van der Waals surface area contributed by atoms with Crippen molar-refractivity contribution < 1.29 is 28.6 Å². The van der Waals surface area contributed by atoms with Gasteiger partial charge >= 0.3 is 17.9 Å². The second-order valence-corrected chi connectivity index (χ2v) is 6.11. The van der Waals surface area contributed by atoms with Crippen molar-refractivity contribution in [1.29, 1.82) is 0 Å². The molecule has 0 saturated carbocycles. The van der Waals surface area contributed by atoms with Crippen molar-refractivity contribution in [3.63, 3.8) is 0 Å². The molecule has 0 unspecified atom stereocenters. The molecule has 0 atom stereocenters. The SMILES string of the molecule is CCOC(=O)CCN(CCOC(=O)C(C)(C)C)CCC(=O)OC. The first-order valence-electron chi connectivity index (χ1n) is 7.82. The summed E-state index contributed by atoms with van der Waals surface area (Å²) in [5, 5.41) is 0. The van der Waals surface area contributed by atoms with Gasteiger partial charge in [0.1, 0.15) is 6.61 Å². The summed E-state index contributed by atoms with van der Waals surface area (Å²) in [5.41, 5.74) is -0.554. The van der Waals surface area contributed by atoms with Gasteiger partial charge in [-0.2, -0.15) is 0 Å². The minimum atomic E-state index is -0.554. The van der Waals surface area contributed by atoms with E-state index in [1.165, 1.54) is 7.11 Å². The highest BCUT2D eigenvalue weighted by Gasteiger charge is 2.23. The van der Waals surface area contributed by atoms with Crippen LogP contribution >= 0.6 is 0 Å². The number of hydrogen-bond donors (Lipinski definition) is 0. The molecule has 0 radical (unpaired) electrons. The molecule has 0 bridgehead atoms. The number of carbonyl (C=O) groups is 3. The molecule has 0 fully saturated rings. The standard InChI is InChI=1S/C16H29NO6/c1-6-22-14(19)8-10-17(9-7-13(18)21-5)11-12-23-15(20)16(2,3)4/h6-12H2,1-5H3. The number of esters is 3. The van der Waals surface area contributed by atoms with E-state index < -0.39 is 5.41 Å². The summed E-state index contributed by atoms with van der Waals surface area (Å²) in [6.07, 6.45) is 0.439. The van der Waals surface area contributed by atoms with Gasteiger partial charge in [-0.1, -0.05) is 0 Å². The van der Waals surface area contributed by atoms with E-state index in [0.29, 0.717) is 26.2 Å². The van der Waals surface area contributed by atoms with Crippen molar-refractivity contribution in [2.24, 2.45) is 5.41 Å². The highest BCUT2D eigenvalue weighted by Crippen LogP contribution is 2.14. The molecule has 0 heterocycles. The maximum absolute atomic E-state index is 11.7. The van der Waals surface area contributed by atoms with Crippen LogP contribution in [0.1, 0.15) is 40.5 Å². The van der Waals surface area contributed by atoms with Crippen LogP contribution < -0.4 is 0 Å². The van der Waals surface area contributed by atoms with Crippen molar-refractivity contribution >= 4 is 17.9 Å². The van der Waals surface area contributed by atoms with Crippen LogP contribution in [0.25, 0.3) is 0 Å². The molecule has 0 saturated heterocycles. The first-order chi connectivity index (χ1) is 10.7. The molecule has 0 aliphatic rings. The van der Waals surface area contributed by atoms with Crippen LogP contribution in [0.4, 0.5) is 0 Å². The predicted molar refractivity (Wildman–Crippen MR) is 84.7 cm³/mol. The van der Waals surface area contributed by atoms with E-state index in [4.69, 9.17) is 9.47 Å². The maximum atomic E-state index is 11.7. The fourth-order valence-electron chi connectivity index (χ4n) is 1.65. The minimum Gasteiger partial charge on any atom is -0.469 e. The normalized spacial score (nSPS) is 11.2. The van der Waals surface area contributed by atoms with E-state index in [9.17, 15) is 14.4 Å². The molecular weight excluding hydrogens is 302 g/mol. The van der Waals surface area contributed by atoms with Crippen LogP contribution in [-0.4, -0.2) is 62.8 Å². The Bertz CT molecular complexity index is 389. The van der Waals surface area contributed by atoms with E-state index in [2.05, 4.69) is 4.74 Å². The Morgan fingerprint density at radius 3 is 1.96 bits per heavy atom. The third-order valence-corrected chi connectivity index (χ3v) is 3.05. The molecule has 7 heteroatoms. The van der Waals surface area contributed by atoms with Gasteiger partial charge in [0.15, 0.2) is 0 Å². The van der Waals surface area contributed by atoms with E-state index in [0.717, 1.165) is 0 Å². The van der Waals surface area contributed by atoms with Gasteiger partial charge in [0.25, 0.3) is 0 Å². The van der Waals surface area contributed by atoms with Crippen LogP contribution in [-0.2, 0) is 28.6 Å². The van der Waals surface area contributed by atoms with Crippen molar-refractivity contribution in [3.8, 4) is 0 Å². The average Bonchev–Trinajstić information content (AvgIpc) is 2.48. The number of ether oxygens (including phenoxy) is 3. The molecule has 0 amide bonds. The first-order valence-corrected chi connectivity index (χ1v) is 7.82. The third-order valence-electron chi connectivity index (χ3n) is 3.05. The molecule has 0 aromatic carbocycles. The Labute approximate surface area is 138 Å². The molecule has 0 aliphatic carbocycles. The molecule has 134 valence electrons. The fraction of sp³-hybridized carbons (Fsp3) is 0.812. The van der Waals surface area contributed by atoms with Crippen LogP contribution in [0.3, 0.4) is 0 Å². The maximum Gasteiger partial charge on any atom is 0.311 e. The Hall–Kier alpha value is -1.63. The van der Waals surface area contributed by atoms with Crippen LogP contribution in [0.2, 0.25) is 0 Å². The van der Waals surface area contributed by atoms with Gasteiger partial charge in [-0.05, 0) is 27.7 Å². The molecule has 7 nitrogen and oxygen atoms in total. The molecule has 0 aromatic rings. The molecule has 0 aromatic heterocycles. The molecule has 0 N–H and O–H groups in total. The van der Waals surface area contributed by atoms with Gasteiger partial charge < -0.3 is 14.2 Å². The summed E-state index contributed by atoms with van der Waals surface area (Å²) < 4.78 is 14.7. The molecule has 0 rings (SSSR count). The van der Waals surface area contributed by atoms with Crippen molar-refractivity contribution in [1.82, 2.24) is 4.90 Å². The summed E-state index contributed by atoms with van der Waals surface area (Å²) in [4.78, 5) is 36.3.